The molecule has 2 heterocycles. The average molecular weight is 409 g/mol. The number of carbonyl (C=O) groups excluding carboxylic acids is 2. The first-order chi connectivity index (χ1) is 14.5. The molecule has 158 valence electrons. The number of hydrogen-bond donors (Lipinski definition) is 2. The number of benzene rings is 2. The molecule has 4 rings (SSSR count). The third-order valence-corrected chi connectivity index (χ3v) is 5.74. The Morgan fingerprint density at radius 1 is 1.17 bits per heavy atom. The molecule has 2 aliphatic heterocycles. The number of nitrogens with zero attached hydrogens (tertiary/aromatic N) is 1. The fourth-order valence-corrected chi connectivity index (χ4v) is 4.00. The maximum Gasteiger partial charge on any atom is 0.257 e. The lowest BCUT2D eigenvalue weighted by molar-refractivity contribution is -0.120. The van der Waals surface area contributed by atoms with Gasteiger partial charge in [-0.3, -0.25) is 9.59 Å². The molecule has 0 fully saturated rings. The van der Waals surface area contributed by atoms with E-state index in [0.29, 0.717) is 42.3 Å². The molecule has 2 aromatic carbocycles. The summed E-state index contributed by atoms with van der Waals surface area (Å²) in [6.07, 6.45) is 2.41. The van der Waals surface area contributed by atoms with Crippen LogP contribution < -0.4 is 20.1 Å². The van der Waals surface area contributed by atoms with Crippen molar-refractivity contribution in [3.63, 3.8) is 0 Å². The van der Waals surface area contributed by atoms with E-state index in [4.69, 9.17) is 9.47 Å². The number of hydrogen-bond acceptors (Lipinski definition) is 5. The molecule has 2 aromatic rings. The zero-order valence-electron chi connectivity index (χ0n) is 17.6. The Morgan fingerprint density at radius 3 is 2.73 bits per heavy atom. The van der Waals surface area contributed by atoms with Crippen molar-refractivity contribution in [2.24, 2.45) is 0 Å². The second kappa shape index (κ2) is 8.26. The van der Waals surface area contributed by atoms with Gasteiger partial charge in [-0.25, -0.2) is 0 Å². The van der Waals surface area contributed by atoms with Crippen LogP contribution in [0.1, 0.15) is 41.3 Å². The molecule has 0 saturated heterocycles. The SMILES string of the molecule is CCCCOc1cc2c(cc1OC)C(=O)N1Cc3cc(NC)ccc3CC1C(=O)N2. The number of rotatable bonds is 6. The number of unbranched alkanes of at least 4 members (excludes halogenated alkanes) is 1. The number of nitrogens with one attached hydrogen (secondary N) is 2. The normalized spacial score (nSPS) is 17.3. The third-order valence-electron chi connectivity index (χ3n) is 5.74. The molecule has 2 N–H and O–H groups in total. The van der Waals surface area contributed by atoms with Gasteiger partial charge in [0.2, 0.25) is 5.91 Å². The molecule has 0 aromatic heterocycles. The van der Waals surface area contributed by atoms with Crippen molar-refractivity contribution in [1.82, 2.24) is 4.90 Å². The largest absolute Gasteiger partial charge is 0.493 e. The molecule has 0 bridgehead atoms. The van der Waals surface area contributed by atoms with Gasteiger partial charge in [-0.05, 0) is 35.7 Å². The minimum Gasteiger partial charge on any atom is -0.493 e. The van der Waals surface area contributed by atoms with Crippen molar-refractivity contribution < 1.29 is 19.1 Å². The lowest BCUT2D eigenvalue weighted by Crippen LogP contribution is -2.48. The topological polar surface area (TPSA) is 79.9 Å². The summed E-state index contributed by atoms with van der Waals surface area (Å²) < 4.78 is 11.3. The number of anilines is 2. The van der Waals surface area contributed by atoms with Gasteiger partial charge in [0.15, 0.2) is 11.5 Å². The van der Waals surface area contributed by atoms with Crippen molar-refractivity contribution >= 4 is 23.2 Å². The van der Waals surface area contributed by atoms with Crippen molar-refractivity contribution in [2.45, 2.75) is 38.8 Å². The molecule has 1 atom stereocenters. The van der Waals surface area contributed by atoms with Crippen molar-refractivity contribution in [1.29, 1.82) is 0 Å². The number of amides is 2. The molecule has 0 saturated carbocycles. The summed E-state index contributed by atoms with van der Waals surface area (Å²) in [7, 11) is 3.41. The van der Waals surface area contributed by atoms with E-state index in [-0.39, 0.29) is 11.8 Å². The van der Waals surface area contributed by atoms with Crippen LogP contribution in [-0.2, 0) is 17.8 Å². The summed E-state index contributed by atoms with van der Waals surface area (Å²) in [5.74, 6) is 0.641. The molecule has 7 nitrogen and oxygen atoms in total. The van der Waals surface area contributed by atoms with Crippen LogP contribution in [-0.4, -0.2) is 43.5 Å². The molecule has 0 spiro atoms. The molecular formula is C23H27N3O4. The van der Waals surface area contributed by atoms with Gasteiger partial charge in [0.1, 0.15) is 6.04 Å². The lowest BCUT2D eigenvalue weighted by Gasteiger charge is -2.34. The van der Waals surface area contributed by atoms with Crippen molar-refractivity contribution in [3.05, 3.63) is 47.0 Å². The summed E-state index contributed by atoms with van der Waals surface area (Å²) in [6.45, 7) is 3.02. The molecule has 2 amide bonds. The Labute approximate surface area is 176 Å². The Hall–Kier alpha value is -3.22. The van der Waals surface area contributed by atoms with Crippen LogP contribution in [0.15, 0.2) is 30.3 Å². The molecular weight excluding hydrogens is 382 g/mol. The highest BCUT2D eigenvalue weighted by Gasteiger charge is 2.39. The van der Waals surface area contributed by atoms with E-state index in [1.54, 1.807) is 24.1 Å². The number of fused-ring (bicyclic) bond motifs is 3. The quantitative estimate of drug-likeness (QED) is 0.715. The molecule has 1 unspecified atom stereocenters. The highest BCUT2D eigenvalue weighted by Crippen LogP contribution is 2.38. The first-order valence-electron chi connectivity index (χ1n) is 10.3. The van der Waals surface area contributed by atoms with Gasteiger partial charge in [-0.2, -0.15) is 0 Å². The Bertz CT molecular complexity index is 989. The van der Waals surface area contributed by atoms with Crippen LogP contribution in [0.2, 0.25) is 0 Å². The van der Waals surface area contributed by atoms with Crippen LogP contribution in [0.25, 0.3) is 0 Å². The summed E-state index contributed by atoms with van der Waals surface area (Å²) in [5, 5.41) is 6.06. The van der Waals surface area contributed by atoms with E-state index < -0.39 is 6.04 Å². The fraction of sp³-hybridized carbons (Fsp3) is 0.391. The maximum absolute atomic E-state index is 13.4. The second-order valence-electron chi connectivity index (χ2n) is 7.63. The van der Waals surface area contributed by atoms with Crippen molar-refractivity contribution in [2.75, 3.05) is 31.4 Å². The molecule has 0 aliphatic carbocycles. The van der Waals surface area contributed by atoms with E-state index in [1.807, 2.05) is 25.2 Å². The van der Waals surface area contributed by atoms with Crippen LogP contribution in [0.4, 0.5) is 11.4 Å². The van der Waals surface area contributed by atoms with Crippen LogP contribution in [0.5, 0.6) is 11.5 Å². The van der Waals surface area contributed by atoms with Gasteiger partial charge in [0, 0.05) is 31.8 Å². The second-order valence-corrected chi connectivity index (χ2v) is 7.63. The predicted molar refractivity (Wildman–Crippen MR) is 115 cm³/mol. The molecule has 0 radical (unpaired) electrons. The number of methoxy groups -OCH3 is 1. The van der Waals surface area contributed by atoms with Crippen LogP contribution >= 0.6 is 0 Å². The number of carbonyl (C=O) groups is 2. The predicted octanol–water partition coefficient (Wildman–Crippen LogP) is 3.44. The first kappa shape index (κ1) is 20.1. The van der Waals surface area contributed by atoms with Gasteiger partial charge < -0.3 is 25.0 Å². The summed E-state index contributed by atoms with van der Waals surface area (Å²) in [6, 6.07) is 8.87. The monoisotopic (exact) mass is 409 g/mol. The summed E-state index contributed by atoms with van der Waals surface area (Å²) in [5.41, 5.74) is 4.00. The van der Waals surface area contributed by atoms with E-state index in [2.05, 4.69) is 17.6 Å². The zero-order valence-corrected chi connectivity index (χ0v) is 17.6. The van der Waals surface area contributed by atoms with Crippen LogP contribution in [0, 0.1) is 0 Å². The minimum atomic E-state index is -0.548. The summed E-state index contributed by atoms with van der Waals surface area (Å²) >= 11 is 0. The van der Waals surface area contributed by atoms with E-state index in [9.17, 15) is 9.59 Å². The Morgan fingerprint density at radius 2 is 2.00 bits per heavy atom. The van der Waals surface area contributed by atoms with Gasteiger partial charge in [-0.15, -0.1) is 0 Å². The number of ether oxygens (including phenoxy) is 2. The van der Waals surface area contributed by atoms with Gasteiger partial charge in [0.25, 0.3) is 5.91 Å². The first-order valence-corrected chi connectivity index (χ1v) is 10.3. The van der Waals surface area contributed by atoms with E-state index >= 15 is 0 Å². The smallest absolute Gasteiger partial charge is 0.257 e. The highest BCUT2D eigenvalue weighted by atomic mass is 16.5. The van der Waals surface area contributed by atoms with Crippen molar-refractivity contribution in [3.8, 4) is 11.5 Å². The standard InChI is InChI=1S/C23H27N3O4/c1-4-5-8-30-21-12-18-17(11-20(21)29-3)23(28)26-13-15-9-16(24-2)7-6-14(15)10-19(26)22(27)25-18/h6-7,9,11-12,19,24H,4-5,8,10,13H2,1-3H3,(H,25,27). The zero-order chi connectivity index (χ0) is 21.3. The van der Waals surface area contributed by atoms with Crippen LogP contribution in [0.3, 0.4) is 0 Å². The molecule has 7 heteroatoms. The van der Waals surface area contributed by atoms with E-state index in [0.717, 1.165) is 29.7 Å². The molecule has 2 aliphatic rings. The lowest BCUT2D eigenvalue weighted by atomic mass is 9.93. The Balaban J connectivity index is 1.70. The molecule has 30 heavy (non-hydrogen) atoms. The summed E-state index contributed by atoms with van der Waals surface area (Å²) in [4.78, 5) is 28.1. The van der Waals surface area contributed by atoms with Gasteiger partial charge in [-0.1, -0.05) is 19.4 Å². The average Bonchev–Trinajstić information content (AvgIpc) is 2.86. The fourth-order valence-electron chi connectivity index (χ4n) is 4.00. The van der Waals surface area contributed by atoms with Gasteiger partial charge >= 0.3 is 0 Å². The van der Waals surface area contributed by atoms with E-state index in [1.165, 1.54) is 0 Å². The van der Waals surface area contributed by atoms with Gasteiger partial charge in [0.05, 0.1) is 25.0 Å². The Kier molecular flexibility index (Phi) is 5.53. The minimum absolute atomic E-state index is 0.185. The highest BCUT2D eigenvalue weighted by molar-refractivity contribution is 6.10. The maximum atomic E-state index is 13.4. The third kappa shape index (κ3) is 3.56.